The van der Waals surface area contributed by atoms with Crippen LogP contribution in [-0.4, -0.2) is 46.4 Å². The molecule has 1 saturated heterocycles. The Balaban J connectivity index is 2.09. The number of aliphatic hydroxyl groups is 1. The summed E-state index contributed by atoms with van der Waals surface area (Å²) >= 11 is 0. The van der Waals surface area contributed by atoms with Crippen LogP contribution in [-0.2, 0) is 9.47 Å². The molecule has 0 radical (unpaired) electrons. The van der Waals surface area contributed by atoms with E-state index in [0.717, 1.165) is 0 Å². The lowest BCUT2D eigenvalue weighted by atomic mass is 10.2. The molecule has 3 N–H and O–H groups in total. The molecule has 15 heavy (non-hydrogen) atoms. The molecule has 1 heterocycles. The number of aliphatic hydroxyl groups excluding tert-OH is 1. The molecule has 1 aliphatic carbocycles. The minimum absolute atomic E-state index is 0.331. The van der Waals surface area contributed by atoms with Crippen LogP contribution in [0.4, 0.5) is 4.79 Å². The van der Waals surface area contributed by atoms with Crippen LogP contribution in [0.25, 0.3) is 0 Å². The van der Waals surface area contributed by atoms with Crippen LogP contribution >= 0.6 is 0 Å². The fraction of sp³-hybridized carbons (Fsp3) is 0.889. The van der Waals surface area contributed by atoms with Gasteiger partial charge in [-0.25, -0.2) is 4.79 Å². The summed E-state index contributed by atoms with van der Waals surface area (Å²) in [6.45, 7) is 3.49. The van der Waals surface area contributed by atoms with Gasteiger partial charge in [0.1, 0.15) is 12.2 Å². The van der Waals surface area contributed by atoms with Crippen molar-refractivity contribution in [1.82, 2.24) is 5.32 Å². The summed E-state index contributed by atoms with van der Waals surface area (Å²) in [6.07, 6.45) is -2.28. The van der Waals surface area contributed by atoms with Gasteiger partial charge < -0.3 is 25.0 Å². The van der Waals surface area contributed by atoms with Gasteiger partial charge >= 0.3 is 6.09 Å². The van der Waals surface area contributed by atoms with Crippen molar-refractivity contribution in [1.29, 1.82) is 0 Å². The molecular weight excluding hydrogens is 202 g/mol. The first-order valence-electron chi connectivity index (χ1n) is 4.92. The van der Waals surface area contributed by atoms with E-state index in [2.05, 4.69) is 5.32 Å². The highest BCUT2D eigenvalue weighted by molar-refractivity contribution is 5.65. The number of rotatable bonds is 1. The van der Waals surface area contributed by atoms with E-state index < -0.39 is 36.2 Å². The monoisotopic (exact) mass is 217 g/mol. The number of carbonyl (C=O) groups is 1. The van der Waals surface area contributed by atoms with Crippen LogP contribution in [0.3, 0.4) is 0 Å². The number of nitrogens with one attached hydrogen (secondary N) is 1. The Morgan fingerprint density at radius 2 is 2.00 bits per heavy atom. The van der Waals surface area contributed by atoms with Gasteiger partial charge in [-0.1, -0.05) is 0 Å². The van der Waals surface area contributed by atoms with Gasteiger partial charge in [-0.15, -0.1) is 0 Å². The molecule has 1 aliphatic heterocycles. The lowest BCUT2D eigenvalue weighted by Crippen LogP contribution is -2.42. The zero-order chi connectivity index (χ0) is 11.2. The average molecular weight is 217 g/mol. The second kappa shape index (κ2) is 3.33. The van der Waals surface area contributed by atoms with Crippen LogP contribution in [0.1, 0.15) is 20.3 Å². The molecule has 0 aromatic carbocycles. The molecule has 4 unspecified atom stereocenters. The third-order valence-corrected chi connectivity index (χ3v) is 2.74. The molecule has 1 amide bonds. The first-order chi connectivity index (χ1) is 6.89. The fourth-order valence-electron chi connectivity index (χ4n) is 2.25. The first-order valence-corrected chi connectivity index (χ1v) is 4.92. The smallest absolute Gasteiger partial charge is 0.404 e. The van der Waals surface area contributed by atoms with E-state index in [1.165, 1.54) is 0 Å². The van der Waals surface area contributed by atoms with Gasteiger partial charge in [0.05, 0.1) is 12.1 Å². The summed E-state index contributed by atoms with van der Waals surface area (Å²) < 4.78 is 11.0. The third-order valence-electron chi connectivity index (χ3n) is 2.74. The van der Waals surface area contributed by atoms with Crippen molar-refractivity contribution >= 4 is 6.09 Å². The van der Waals surface area contributed by atoms with Crippen molar-refractivity contribution < 1.29 is 24.5 Å². The van der Waals surface area contributed by atoms with Crippen LogP contribution in [0.2, 0.25) is 0 Å². The van der Waals surface area contributed by atoms with Gasteiger partial charge in [0.2, 0.25) is 0 Å². The molecule has 2 fully saturated rings. The van der Waals surface area contributed by atoms with E-state index in [9.17, 15) is 9.90 Å². The van der Waals surface area contributed by atoms with E-state index in [-0.39, 0.29) is 0 Å². The third kappa shape index (κ3) is 1.92. The maximum Gasteiger partial charge on any atom is 0.404 e. The molecule has 86 valence electrons. The van der Waals surface area contributed by atoms with Crippen molar-refractivity contribution in [2.45, 2.75) is 50.4 Å². The summed E-state index contributed by atoms with van der Waals surface area (Å²) in [5.74, 6) is -0.755. The van der Waals surface area contributed by atoms with Crippen LogP contribution < -0.4 is 5.32 Å². The number of hydrogen-bond acceptors (Lipinski definition) is 4. The van der Waals surface area contributed by atoms with Crippen LogP contribution in [0, 0.1) is 0 Å². The quantitative estimate of drug-likeness (QED) is 0.571. The molecule has 0 aromatic heterocycles. The fourth-order valence-corrected chi connectivity index (χ4v) is 2.25. The molecule has 6 heteroatoms. The molecule has 4 atom stereocenters. The zero-order valence-electron chi connectivity index (χ0n) is 8.64. The Labute approximate surface area is 87.2 Å². The van der Waals surface area contributed by atoms with E-state index in [1.54, 1.807) is 13.8 Å². The summed E-state index contributed by atoms with van der Waals surface area (Å²) in [6, 6.07) is -0.399. The predicted molar refractivity (Wildman–Crippen MR) is 49.4 cm³/mol. The second-order valence-corrected chi connectivity index (χ2v) is 4.42. The second-order valence-electron chi connectivity index (χ2n) is 4.42. The number of fused-ring (bicyclic) bond motifs is 1. The van der Waals surface area contributed by atoms with Gasteiger partial charge in [0, 0.05) is 0 Å². The van der Waals surface area contributed by atoms with Gasteiger partial charge in [-0.05, 0) is 20.3 Å². The van der Waals surface area contributed by atoms with Crippen LogP contribution in [0.5, 0.6) is 0 Å². The van der Waals surface area contributed by atoms with E-state index in [4.69, 9.17) is 14.6 Å². The summed E-state index contributed by atoms with van der Waals surface area (Å²) in [4.78, 5) is 10.5. The van der Waals surface area contributed by atoms with Crippen molar-refractivity contribution in [2.75, 3.05) is 0 Å². The SMILES string of the molecule is CC1(C)OC2C(O)CC(NC(=O)O)C2O1. The first kappa shape index (κ1) is 10.7. The molecule has 0 spiro atoms. The van der Waals surface area contributed by atoms with Crippen molar-refractivity contribution in [3.63, 3.8) is 0 Å². The number of hydrogen-bond donors (Lipinski definition) is 3. The van der Waals surface area contributed by atoms with Crippen LogP contribution in [0.15, 0.2) is 0 Å². The molecule has 2 aliphatic rings. The summed E-state index contributed by atoms with van der Waals surface area (Å²) in [5, 5.41) is 20.6. The Morgan fingerprint density at radius 1 is 1.40 bits per heavy atom. The lowest BCUT2D eigenvalue weighted by Gasteiger charge is -2.22. The van der Waals surface area contributed by atoms with Crippen molar-refractivity contribution in [2.24, 2.45) is 0 Å². The largest absolute Gasteiger partial charge is 0.465 e. The maximum absolute atomic E-state index is 10.5. The average Bonchev–Trinajstić information content (AvgIpc) is 2.49. The lowest BCUT2D eigenvalue weighted by molar-refractivity contribution is -0.163. The molecule has 6 nitrogen and oxygen atoms in total. The standard InChI is InChI=1S/C9H15NO5/c1-9(2)14-6-4(10-8(12)13)3-5(11)7(6)15-9/h4-7,10-11H,3H2,1-2H3,(H,12,13). The number of amides is 1. The molecule has 0 aromatic rings. The molecule has 2 rings (SSSR count). The molecule has 0 bridgehead atoms. The number of ether oxygens (including phenoxy) is 2. The maximum atomic E-state index is 10.5. The minimum atomic E-state index is -1.11. The van der Waals surface area contributed by atoms with Gasteiger partial charge in [0.15, 0.2) is 5.79 Å². The zero-order valence-corrected chi connectivity index (χ0v) is 8.64. The Kier molecular flexibility index (Phi) is 2.37. The highest BCUT2D eigenvalue weighted by Crippen LogP contribution is 2.38. The van der Waals surface area contributed by atoms with Gasteiger partial charge in [-0.3, -0.25) is 0 Å². The van der Waals surface area contributed by atoms with Gasteiger partial charge in [0.25, 0.3) is 0 Å². The topological polar surface area (TPSA) is 88.0 Å². The van der Waals surface area contributed by atoms with Gasteiger partial charge in [-0.2, -0.15) is 0 Å². The minimum Gasteiger partial charge on any atom is -0.465 e. The normalized spacial score (nSPS) is 42.6. The molecule has 1 saturated carbocycles. The van der Waals surface area contributed by atoms with Crippen molar-refractivity contribution in [3.05, 3.63) is 0 Å². The van der Waals surface area contributed by atoms with E-state index in [1.807, 2.05) is 0 Å². The Morgan fingerprint density at radius 3 is 2.60 bits per heavy atom. The predicted octanol–water partition coefficient (Wildman–Crippen LogP) is -0.0927. The molecular formula is C9H15NO5. The highest BCUT2D eigenvalue weighted by atomic mass is 16.8. The Bertz CT molecular complexity index is 280. The summed E-state index contributed by atoms with van der Waals surface area (Å²) in [7, 11) is 0. The van der Waals surface area contributed by atoms with Crippen molar-refractivity contribution in [3.8, 4) is 0 Å². The summed E-state index contributed by atoms with van der Waals surface area (Å²) in [5.41, 5.74) is 0. The Hall–Kier alpha value is -0.850. The highest BCUT2D eigenvalue weighted by Gasteiger charge is 2.54. The van der Waals surface area contributed by atoms with E-state index in [0.29, 0.717) is 6.42 Å². The number of carboxylic acid groups (broad SMARTS) is 1. The van der Waals surface area contributed by atoms with E-state index >= 15 is 0 Å².